The van der Waals surface area contributed by atoms with Gasteiger partial charge in [-0.1, -0.05) is 27.2 Å². The van der Waals surface area contributed by atoms with Gasteiger partial charge in [-0.3, -0.25) is 9.59 Å². The van der Waals surface area contributed by atoms with Crippen LogP contribution in [-0.2, 0) is 9.59 Å². The zero-order valence-corrected chi connectivity index (χ0v) is 18.4. The Balaban J connectivity index is 1.59. The van der Waals surface area contributed by atoms with Crippen molar-refractivity contribution in [2.24, 2.45) is 23.5 Å². The van der Waals surface area contributed by atoms with Crippen LogP contribution in [0.2, 0.25) is 0 Å². The molecule has 1 fully saturated rings. The molecule has 0 aliphatic carbocycles. The fourth-order valence-corrected chi connectivity index (χ4v) is 4.50. The summed E-state index contributed by atoms with van der Waals surface area (Å²) in [5.74, 6) is 0.904. The molecule has 2 atom stereocenters. The van der Waals surface area contributed by atoms with Crippen LogP contribution in [-0.4, -0.2) is 42.6 Å². The van der Waals surface area contributed by atoms with E-state index in [0.29, 0.717) is 37.9 Å². The first-order valence-electron chi connectivity index (χ1n) is 11.1. The number of nitrogens with one attached hydrogen (secondary N) is 1. The van der Waals surface area contributed by atoms with Crippen LogP contribution in [0.1, 0.15) is 52.9 Å². The van der Waals surface area contributed by atoms with Crippen molar-refractivity contribution in [3.8, 4) is 11.5 Å². The Morgan fingerprint density at radius 1 is 1.17 bits per heavy atom. The Bertz CT molecular complexity index is 744. The quantitative estimate of drug-likeness (QED) is 0.642. The van der Waals surface area contributed by atoms with E-state index in [4.69, 9.17) is 15.2 Å². The standard InChI is InChI=1S/C23H35N3O4/c1-4-5-18(22(24)27)19(12-15(2)3)23(28)26-10-8-16(9-11-26)25-17-6-7-20-21(13-17)30-14-29-20/h6-7,13,15-16,18-19,25H,4-5,8-12,14H2,1-3H3,(H2,24,27)/t18-,19+/m0/s1. The molecule has 3 N–H and O–H groups in total. The first-order chi connectivity index (χ1) is 14.4. The number of fused-ring (bicyclic) bond motifs is 1. The maximum atomic E-state index is 13.3. The summed E-state index contributed by atoms with van der Waals surface area (Å²) in [6.07, 6.45) is 3.94. The van der Waals surface area contributed by atoms with Gasteiger partial charge in [-0.25, -0.2) is 0 Å². The van der Waals surface area contributed by atoms with E-state index < -0.39 is 0 Å². The Morgan fingerprint density at radius 2 is 1.87 bits per heavy atom. The van der Waals surface area contributed by atoms with E-state index >= 15 is 0 Å². The Morgan fingerprint density at radius 3 is 2.50 bits per heavy atom. The van der Waals surface area contributed by atoms with Gasteiger partial charge in [0.15, 0.2) is 11.5 Å². The normalized spacial score (nSPS) is 18.3. The van der Waals surface area contributed by atoms with Crippen molar-refractivity contribution in [1.29, 1.82) is 0 Å². The highest BCUT2D eigenvalue weighted by Crippen LogP contribution is 2.35. The number of likely N-dealkylation sites (tertiary alicyclic amines) is 1. The monoisotopic (exact) mass is 417 g/mol. The third-order valence-electron chi connectivity index (χ3n) is 6.04. The van der Waals surface area contributed by atoms with Crippen molar-refractivity contribution in [2.45, 2.75) is 58.9 Å². The molecule has 3 rings (SSSR count). The summed E-state index contributed by atoms with van der Waals surface area (Å²) < 4.78 is 10.8. The van der Waals surface area contributed by atoms with Gasteiger partial charge >= 0.3 is 0 Å². The van der Waals surface area contributed by atoms with E-state index in [2.05, 4.69) is 19.2 Å². The maximum Gasteiger partial charge on any atom is 0.231 e. The Labute approximate surface area is 179 Å². The fraction of sp³-hybridized carbons (Fsp3) is 0.652. The average molecular weight is 418 g/mol. The molecule has 0 saturated carbocycles. The van der Waals surface area contributed by atoms with Crippen LogP contribution in [0.4, 0.5) is 5.69 Å². The molecule has 1 aromatic rings. The Hall–Kier alpha value is -2.44. The van der Waals surface area contributed by atoms with E-state index in [1.165, 1.54) is 0 Å². The van der Waals surface area contributed by atoms with E-state index in [1.54, 1.807) is 0 Å². The predicted molar refractivity (Wildman–Crippen MR) is 116 cm³/mol. The van der Waals surface area contributed by atoms with Gasteiger partial charge in [0, 0.05) is 42.7 Å². The molecular formula is C23H35N3O4. The lowest BCUT2D eigenvalue weighted by Crippen LogP contribution is -2.48. The summed E-state index contributed by atoms with van der Waals surface area (Å²) in [5.41, 5.74) is 6.67. The summed E-state index contributed by atoms with van der Waals surface area (Å²) in [7, 11) is 0. The van der Waals surface area contributed by atoms with Gasteiger partial charge in [0.05, 0.1) is 0 Å². The lowest BCUT2D eigenvalue weighted by Gasteiger charge is -2.37. The number of nitrogens with zero attached hydrogens (tertiary/aromatic N) is 1. The molecule has 0 aromatic heterocycles. The molecule has 2 heterocycles. The second-order valence-corrected chi connectivity index (χ2v) is 8.85. The molecule has 2 amide bonds. The number of benzene rings is 1. The van der Waals surface area contributed by atoms with E-state index in [-0.39, 0.29) is 30.4 Å². The number of primary amides is 1. The molecule has 1 saturated heterocycles. The summed E-state index contributed by atoms with van der Waals surface area (Å²) in [4.78, 5) is 27.3. The number of hydrogen-bond donors (Lipinski definition) is 2. The number of piperidine rings is 1. The van der Waals surface area contributed by atoms with Crippen LogP contribution >= 0.6 is 0 Å². The molecule has 0 unspecified atom stereocenters. The van der Waals surface area contributed by atoms with Crippen molar-refractivity contribution in [3.63, 3.8) is 0 Å². The van der Waals surface area contributed by atoms with Crippen molar-refractivity contribution in [3.05, 3.63) is 18.2 Å². The Kier molecular flexibility index (Phi) is 7.45. The predicted octanol–water partition coefficient (Wildman–Crippen LogP) is 3.38. The first-order valence-corrected chi connectivity index (χ1v) is 11.1. The minimum absolute atomic E-state index is 0.0856. The zero-order chi connectivity index (χ0) is 21.7. The van der Waals surface area contributed by atoms with Crippen molar-refractivity contribution in [1.82, 2.24) is 4.90 Å². The average Bonchev–Trinajstić information content (AvgIpc) is 3.18. The lowest BCUT2D eigenvalue weighted by molar-refractivity contribution is -0.143. The fourth-order valence-electron chi connectivity index (χ4n) is 4.50. The van der Waals surface area contributed by atoms with Crippen LogP contribution in [0.15, 0.2) is 18.2 Å². The summed E-state index contributed by atoms with van der Waals surface area (Å²) in [5, 5.41) is 3.55. The third kappa shape index (κ3) is 5.37. The number of nitrogens with two attached hydrogens (primary N) is 1. The smallest absolute Gasteiger partial charge is 0.231 e. The summed E-state index contributed by atoms with van der Waals surface area (Å²) in [6, 6.07) is 6.16. The van der Waals surface area contributed by atoms with Crippen molar-refractivity contribution in [2.75, 3.05) is 25.2 Å². The number of carbonyl (C=O) groups is 2. The van der Waals surface area contributed by atoms with Crippen molar-refractivity contribution < 1.29 is 19.1 Å². The second kappa shape index (κ2) is 10.0. The molecule has 2 aliphatic rings. The van der Waals surface area contributed by atoms with Gasteiger partial charge in [0.2, 0.25) is 18.6 Å². The van der Waals surface area contributed by atoms with Crippen LogP contribution in [0.5, 0.6) is 11.5 Å². The molecular weight excluding hydrogens is 382 g/mol. The summed E-state index contributed by atoms with van der Waals surface area (Å²) >= 11 is 0. The molecule has 1 aromatic carbocycles. The highest BCUT2D eigenvalue weighted by Gasteiger charge is 2.36. The molecule has 0 bridgehead atoms. The number of amides is 2. The number of anilines is 1. The lowest BCUT2D eigenvalue weighted by atomic mass is 9.81. The SMILES string of the molecule is CCC[C@H](C(N)=O)[C@@H](CC(C)C)C(=O)N1CCC(Nc2ccc3c(c2)OCO3)CC1. The van der Waals surface area contributed by atoms with Crippen LogP contribution < -0.4 is 20.5 Å². The largest absolute Gasteiger partial charge is 0.454 e. The van der Waals surface area contributed by atoms with Gasteiger partial charge in [-0.2, -0.15) is 0 Å². The van der Waals surface area contributed by atoms with Crippen LogP contribution in [0.25, 0.3) is 0 Å². The topological polar surface area (TPSA) is 93.9 Å². The second-order valence-electron chi connectivity index (χ2n) is 8.85. The number of carbonyl (C=O) groups excluding carboxylic acids is 2. The molecule has 166 valence electrons. The van der Waals surface area contributed by atoms with E-state index in [9.17, 15) is 9.59 Å². The van der Waals surface area contributed by atoms with Crippen LogP contribution in [0, 0.1) is 17.8 Å². The highest BCUT2D eigenvalue weighted by molar-refractivity contribution is 5.87. The van der Waals surface area contributed by atoms with Gasteiger partial charge in [-0.05, 0) is 43.7 Å². The van der Waals surface area contributed by atoms with Crippen molar-refractivity contribution >= 4 is 17.5 Å². The van der Waals surface area contributed by atoms with Gasteiger partial charge in [0.25, 0.3) is 0 Å². The van der Waals surface area contributed by atoms with E-state index in [1.807, 2.05) is 30.0 Å². The molecule has 2 aliphatic heterocycles. The maximum absolute atomic E-state index is 13.3. The van der Waals surface area contributed by atoms with Gasteiger partial charge < -0.3 is 25.4 Å². The molecule has 0 radical (unpaired) electrons. The zero-order valence-electron chi connectivity index (χ0n) is 18.4. The molecule has 7 heteroatoms. The van der Waals surface area contributed by atoms with E-state index in [0.717, 1.165) is 36.4 Å². The van der Waals surface area contributed by atoms with Gasteiger partial charge in [0.1, 0.15) is 0 Å². The highest BCUT2D eigenvalue weighted by atomic mass is 16.7. The van der Waals surface area contributed by atoms with Crippen LogP contribution in [0.3, 0.4) is 0 Å². The first kappa shape index (κ1) is 22.2. The number of rotatable bonds is 9. The minimum atomic E-state index is -0.380. The minimum Gasteiger partial charge on any atom is -0.454 e. The number of hydrogen-bond acceptors (Lipinski definition) is 5. The number of ether oxygens (including phenoxy) is 2. The summed E-state index contributed by atoms with van der Waals surface area (Å²) in [6.45, 7) is 7.85. The molecule has 30 heavy (non-hydrogen) atoms. The molecule has 7 nitrogen and oxygen atoms in total. The van der Waals surface area contributed by atoms with Gasteiger partial charge in [-0.15, -0.1) is 0 Å². The molecule has 0 spiro atoms. The third-order valence-corrected chi connectivity index (χ3v) is 6.04.